The summed E-state index contributed by atoms with van der Waals surface area (Å²) >= 11 is 0. The smallest absolute Gasteiger partial charge is 0.227 e. The van der Waals surface area contributed by atoms with Crippen LogP contribution in [0.4, 0.5) is 22.7 Å². The molecule has 0 fully saturated rings. The minimum atomic E-state index is -0.0816. The van der Waals surface area contributed by atoms with E-state index in [1.54, 1.807) is 0 Å². The van der Waals surface area contributed by atoms with E-state index in [-0.39, 0.29) is 11.8 Å². The summed E-state index contributed by atoms with van der Waals surface area (Å²) in [4.78, 5) is 15.4. The van der Waals surface area contributed by atoms with E-state index in [4.69, 9.17) is 23.9 Å². The summed E-state index contributed by atoms with van der Waals surface area (Å²) in [6.07, 6.45) is 14.2. The molecule has 2 aliphatic heterocycles. The Kier molecular flexibility index (Phi) is 7.74. The lowest BCUT2D eigenvalue weighted by molar-refractivity contribution is 0.475. The lowest BCUT2D eigenvalue weighted by Gasteiger charge is -2.45. The van der Waals surface area contributed by atoms with E-state index in [2.05, 4.69) is 154 Å². The third kappa shape index (κ3) is 5.42. The van der Waals surface area contributed by atoms with Crippen molar-refractivity contribution in [3.63, 3.8) is 0 Å². The van der Waals surface area contributed by atoms with E-state index < -0.39 is 0 Å². The molecule has 0 N–H and O–H groups in total. The number of hydrogen-bond acceptors (Lipinski definition) is 7. The maximum absolute atomic E-state index is 6.75. The van der Waals surface area contributed by atoms with Gasteiger partial charge in [-0.05, 0) is 144 Å². The van der Waals surface area contributed by atoms with Gasteiger partial charge < -0.3 is 23.7 Å². The number of nitrogens with zero attached hydrogens (tertiary/aromatic N) is 5. The van der Waals surface area contributed by atoms with Gasteiger partial charge in [0.1, 0.15) is 11.3 Å². The molecule has 0 amide bonds. The number of ether oxygens (including phenoxy) is 2. The molecule has 2 aromatic heterocycles. The van der Waals surface area contributed by atoms with Gasteiger partial charge in [-0.3, -0.25) is 4.57 Å². The number of para-hydroxylation sites is 13. The lowest BCUT2D eigenvalue weighted by atomic mass is 9.60. The number of fused-ring (bicyclic) bond motifs is 6. The van der Waals surface area contributed by atoms with Crippen LogP contribution in [0.1, 0.15) is 11.7 Å². The molecule has 4 heterocycles. The summed E-state index contributed by atoms with van der Waals surface area (Å²) in [6.45, 7) is 0. The van der Waals surface area contributed by atoms with Crippen molar-refractivity contribution < 1.29 is 13.9 Å². The van der Waals surface area contributed by atoms with Crippen molar-refractivity contribution in [2.24, 2.45) is 11.8 Å². The number of rotatable bonds is 5. The van der Waals surface area contributed by atoms with Crippen LogP contribution in [0, 0.1) is 11.8 Å². The molecule has 0 saturated carbocycles. The highest BCUT2D eigenvalue weighted by atomic mass is 16.5. The van der Waals surface area contributed by atoms with Gasteiger partial charge in [0.15, 0.2) is 28.6 Å². The maximum atomic E-state index is 6.75. The second-order valence-corrected chi connectivity index (χ2v) is 17.7. The van der Waals surface area contributed by atoms with Gasteiger partial charge in [0, 0.05) is 40.1 Å². The maximum Gasteiger partial charge on any atom is 0.227 e. The Balaban J connectivity index is 1.05. The van der Waals surface area contributed by atoms with Crippen LogP contribution in [0.5, 0.6) is 23.0 Å². The van der Waals surface area contributed by atoms with Crippen LogP contribution >= 0.6 is 0 Å². The second-order valence-electron chi connectivity index (χ2n) is 17.7. The quantitative estimate of drug-likeness (QED) is 0.171. The molecular formula is C60H37N5O3. The fourth-order valence-corrected chi connectivity index (χ4v) is 11.1. The molecule has 0 radical (unpaired) electrons. The van der Waals surface area contributed by atoms with Crippen LogP contribution in [0.3, 0.4) is 0 Å². The van der Waals surface area contributed by atoms with Crippen LogP contribution in [0.2, 0.25) is 0 Å². The largest absolute Gasteiger partial charge is 0.453 e. The highest BCUT2D eigenvalue weighted by Crippen LogP contribution is 2.60. The molecule has 2 atom stereocenters. The van der Waals surface area contributed by atoms with E-state index in [0.29, 0.717) is 5.89 Å². The predicted molar refractivity (Wildman–Crippen MR) is 268 cm³/mol. The van der Waals surface area contributed by atoms with Crippen LogP contribution in [0.25, 0.3) is 39.0 Å². The highest BCUT2D eigenvalue weighted by molar-refractivity contribution is 5.95. The molecule has 68 heavy (non-hydrogen) atoms. The van der Waals surface area contributed by atoms with Gasteiger partial charge in [0.25, 0.3) is 0 Å². The average Bonchev–Trinajstić information content (AvgIpc) is 4.01. The van der Waals surface area contributed by atoms with Crippen molar-refractivity contribution >= 4 is 56.0 Å². The first-order valence-electron chi connectivity index (χ1n) is 23.0. The molecule has 6 aliphatic rings. The van der Waals surface area contributed by atoms with E-state index in [1.807, 2.05) is 72.8 Å². The molecule has 0 bridgehead atoms. The van der Waals surface area contributed by atoms with Crippen LogP contribution in [0.15, 0.2) is 250 Å². The molecule has 15 rings (SSSR count). The minimum Gasteiger partial charge on any atom is -0.453 e. The number of imidazole rings is 1. The molecule has 7 aromatic carbocycles. The zero-order valence-electron chi connectivity index (χ0n) is 36.3. The zero-order chi connectivity index (χ0) is 44.5. The van der Waals surface area contributed by atoms with Gasteiger partial charge in [-0.1, -0.05) is 91.0 Å². The number of benzene rings is 7. The second kappa shape index (κ2) is 14.2. The Labute approximate surface area is 391 Å². The summed E-state index contributed by atoms with van der Waals surface area (Å²) in [6, 6.07) is 60.1. The minimum absolute atomic E-state index is 0.0780. The fourth-order valence-electron chi connectivity index (χ4n) is 11.1. The molecule has 0 spiro atoms. The number of allylic oxidation sites excluding steroid dienone is 12. The summed E-state index contributed by atoms with van der Waals surface area (Å²) in [5.74, 6) is 4.49. The Hall–Kier alpha value is -9.14. The average molecular weight is 876 g/mol. The topological polar surface area (TPSA) is 68.8 Å². The van der Waals surface area contributed by atoms with Crippen molar-refractivity contribution in [2.45, 2.75) is 0 Å². The third-order valence-electron chi connectivity index (χ3n) is 13.9. The van der Waals surface area contributed by atoms with Crippen LogP contribution < -0.4 is 19.3 Å². The van der Waals surface area contributed by atoms with Crippen LogP contribution in [-0.4, -0.2) is 14.5 Å². The van der Waals surface area contributed by atoms with E-state index >= 15 is 0 Å². The normalized spacial score (nSPS) is 18.4. The fraction of sp³-hybridized carbons (Fsp3) is 0.0333. The van der Waals surface area contributed by atoms with Crippen molar-refractivity contribution in [1.82, 2.24) is 14.5 Å². The number of oxazole rings is 1. The summed E-state index contributed by atoms with van der Waals surface area (Å²) in [5.41, 5.74) is 17.1. The first-order valence-corrected chi connectivity index (χ1v) is 23.0. The van der Waals surface area contributed by atoms with Crippen LogP contribution in [-0.2, 0) is 0 Å². The number of hydrogen-bond donors (Lipinski definition) is 0. The molecule has 4 aliphatic carbocycles. The standard InChI is InChI=1S/C60H37N5O3/c1-2-16-38(17-3-1)65-47-20-6-4-18-45(47)61-59(65)43-32-36-30-40(64-50-23-9-14-28-55(50)67-56-29-15-10-24-51(56)64)35-42-44(60-62-46-19-5-11-25-52(46)68-60)33-37-31-39(34-41(43)57(37)58(36)42)63-48-21-7-12-26-53(48)66-54-27-13-8-22-49(54)63/h1-35,57-58H. The molecule has 0 saturated heterocycles. The predicted octanol–water partition coefficient (Wildman–Crippen LogP) is 14.7. The van der Waals surface area contributed by atoms with Crippen molar-refractivity contribution in [2.75, 3.05) is 9.80 Å². The summed E-state index contributed by atoms with van der Waals surface area (Å²) in [5, 5.41) is 0. The molecule has 8 nitrogen and oxygen atoms in total. The highest BCUT2D eigenvalue weighted by Gasteiger charge is 2.46. The van der Waals surface area contributed by atoms with Gasteiger partial charge in [0.05, 0.1) is 33.8 Å². The monoisotopic (exact) mass is 875 g/mol. The number of anilines is 4. The van der Waals surface area contributed by atoms with Crippen molar-refractivity contribution in [3.8, 4) is 28.7 Å². The van der Waals surface area contributed by atoms with E-state index in [1.165, 1.54) is 11.1 Å². The molecule has 8 heteroatoms. The van der Waals surface area contributed by atoms with Crippen molar-refractivity contribution in [3.05, 3.63) is 258 Å². The van der Waals surface area contributed by atoms with Gasteiger partial charge >= 0.3 is 0 Å². The van der Waals surface area contributed by atoms with Gasteiger partial charge in [0.2, 0.25) is 5.89 Å². The van der Waals surface area contributed by atoms with Crippen molar-refractivity contribution in [1.29, 1.82) is 0 Å². The summed E-state index contributed by atoms with van der Waals surface area (Å²) < 4.78 is 22.2. The SMILES string of the molecule is C1=C(c2nc3ccccc3o2)C2=CC(N3c4ccccc4Oc4ccccc43)=CC3=CC(c4nc5ccccc5n4-c4ccccc4)=C4C=C(N5c6ccccc6Oc6ccccc65)C=C1C4C32. The molecular weight excluding hydrogens is 839 g/mol. The molecule has 320 valence electrons. The first kappa shape index (κ1) is 37.1. The Morgan fingerprint density at radius 1 is 0.426 bits per heavy atom. The third-order valence-corrected chi connectivity index (χ3v) is 13.9. The zero-order valence-corrected chi connectivity index (χ0v) is 36.3. The van der Waals surface area contributed by atoms with E-state index in [0.717, 1.165) is 113 Å². The first-order chi connectivity index (χ1) is 33.7. The van der Waals surface area contributed by atoms with Gasteiger partial charge in [-0.15, -0.1) is 0 Å². The summed E-state index contributed by atoms with van der Waals surface area (Å²) in [7, 11) is 0. The van der Waals surface area contributed by atoms with E-state index in [9.17, 15) is 0 Å². The molecule has 9 aromatic rings. The molecule has 2 unspecified atom stereocenters. The Morgan fingerprint density at radius 2 is 0.971 bits per heavy atom. The number of aromatic nitrogens is 3. The van der Waals surface area contributed by atoms with Gasteiger partial charge in [-0.25, -0.2) is 9.97 Å². The Morgan fingerprint density at radius 3 is 1.62 bits per heavy atom. The Bertz CT molecular complexity index is 3770. The lowest BCUT2D eigenvalue weighted by Crippen LogP contribution is -2.35. The van der Waals surface area contributed by atoms with Gasteiger partial charge in [-0.2, -0.15) is 0 Å².